The molecule has 0 bridgehead atoms. The Labute approximate surface area is 316 Å². The number of carbonyl (C=O) groups excluding carboxylic acids is 5. The highest BCUT2D eigenvalue weighted by Crippen LogP contribution is 2.46. The molecule has 1 spiro atoms. The van der Waals surface area contributed by atoms with E-state index in [9.17, 15) is 24.0 Å². The van der Waals surface area contributed by atoms with Crippen molar-refractivity contribution in [1.82, 2.24) is 20.9 Å². The number of methoxy groups -OCH3 is 2. The number of hydrogen-bond acceptors (Lipinski definition) is 8. The Kier molecular flexibility index (Phi) is 12.5. The Morgan fingerprint density at radius 3 is 2.32 bits per heavy atom. The molecule has 1 saturated heterocycles. The molecule has 3 fully saturated rings. The lowest BCUT2D eigenvalue weighted by molar-refractivity contribution is -0.151. The number of amides is 4. The number of rotatable bonds is 14. The van der Waals surface area contributed by atoms with E-state index in [0.29, 0.717) is 53.5 Å². The number of alkyl halides is 1. The Morgan fingerprint density at radius 1 is 1.04 bits per heavy atom. The number of halogens is 2. The van der Waals surface area contributed by atoms with Gasteiger partial charge >= 0.3 is 0 Å². The van der Waals surface area contributed by atoms with E-state index >= 15 is 4.39 Å². The van der Waals surface area contributed by atoms with Crippen molar-refractivity contribution in [2.45, 2.75) is 129 Å². The second-order valence-electron chi connectivity index (χ2n) is 16.5. The smallest absolute Gasteiger partial charge is 0.293 e. The number of ketones is 1. The molecule has 0 aromatic heterocycles. The number of hydrogen-bond donors (Lipinski definition) is 3. The number of benzene rings is 1. The fourth-order valence-corrected chi connectivity index (χ4v) is 8.20. The van der Waals surface area contributed by atoms with Gasteiger partial charge in [-0.05, 0) is 55.9 Å². The summed E-state index contributed by atoms with van der Waals surface area (Å²) in [6, 6.07) is 0.972. The Morgan fingerprint density at radius 2 is 1.72 bits per heavy atom. The highest BCUT2D eigenvalue weighted by molar-refractivity contribution is 6.39. The fourth-order valence-electron chi connectivity index (χ4n) is 7.96. The molecule has 4 amide bonds. The lowest BCUT2D eigenvalue weighted by Crippen LogP contribution is -2.61. The maximum Gasteiger partial charge on any atom is 0.293 e. The van der Waals surface area contributed by atoms with Crippen LogP contribution in [0.1, 0.15) is 110 Å². The van der Waals surface area contributed by atoms with Crippen LogP contribution in [0.15, 0.2) is 17.1 Å². The van der Waals surface area contributed by atoms with Gasteiger partial charge in [0.15, 0.2) is 0 Å². The summed E-state index contributed by atoms with van der Waals surface area (Å²) < 4.78 is 27.6. The van der Waals surface area contributed by atoms with Gasteiger partial charge in [0.05, 0.1) is 19.2 Å². The van der Waals surface area contributed by atoms with Gasteiger partial charge in [-0.1, -0.05) is 65.0 Å². The van der Waals surface area contributed by atoms with Crippen LogP contribution in [0.2, 0.25) is 5.02 Å². The molecule has 1 aromatic rings. The number of nitrogens with zero attached hydrogens (tertiary/aromatic N) is 2. The van der Waals surface area contributed by atoms with E-state index in [4.69, 9.17) is 26.1 Å². The summed E-state index contributed by atoms with van der Waals surface area (Å²) >= 11 is 6.50. The minimum atomic E-state index is -2.97. The summed E-state index contributed by atoms with van der Waals surface area (Å²) in [6.07, 6.45) is 7.11. The van der Waals surface area contributed by atoms with E-state index in [-0.39, 0.29) is 43.8 Å². The van der Waals surface area contributed by atoms with E-state index < -0.39 is 58.6 Å². The van der Waals surface area contributed by atoms with Gasteiger partial charge in [0.2, 0.25) is 17.7 Å². The van der Waals surface area contributed by atoms with Crippen molar-refractivity contribution in [3.63, 3.8) is 0 Å². The number of carbonyl (C=O) groups is 5. The van der Waals surface area contributed by atoms with Gasteiger partial charge in [0.25, 0.3) is 17.5 Å². The monoisotopic (exact) mass is 759 g/mol. The first kappa shape index (κ1) is 40.4. The van der Waals surface area contributed by atoms with Crippen LogP contribution >= 0.6 is 11.6 Å². The Hall–Kier alpha value is -3.74. The van der Waals surface area contributed by atoms with Crippen molar-refractivity contribution in [3.05, 3.63) is 22.7 Å². The zero-order valence-electron chi connectivity index (χ0n) is 31.9. The lowest BCUT2D eigenvalue weighted by Gasteiger charge is -2.36. The lowest BCUT2D eigenvalue weighted by atomic mass is 9.81. The Balaban J connectivity index is 1.44. The molecule has 1 aromatic carbocycles. The first-order valence-electron chi connectivity index (χ1n) is 18.9. The van der Waals surface area contributed by atoms with Gasteiger partial charge in [-0.2, -0.15) is 0 Å². The van der Waals surface area contributed by atoms with Crippen molar-refractivity contribution in [2.75, 3.05) is 27.3 Å². The third kappa shape index (κ3) is 9.32. The van der Waals surface area contributed by atoms with Gasteiger partial charge in [-0.25, -0.2) is 4.39 Å². The molecule has 0 unspecified atom stereocenters. The summed E-state index contributed by atoms with van der Waals surface area (Å²) in [5.74, 6) is -5.88. The predicted molar refractivity (Wildman–Crippen MR) is 199 cm³/mol. The van der Waals surface area contributed by atoms with Crippen molar-refractivity contribution < 1.29 is 37.8 Å². The third-order valence-corrected chi connectivity index (χ3v) is 11.3. The van der Waals surface area contributed by atoms with Gasteiger partial charge in [-0.3, -0.25) is 29.0 Å². The van der Waals surface area contributed by atoms with Crippen molar-refractivity contribution in [2.24, 2.45) is 21.7 Å². The fraction of sp³-hybridized carbons (Fsp3) is 0.692. The summed E-state index contributed by atoms with van der Waals surface area (Å²) in [4.78, 5) is 74.6. The van der Waals surface area contributed by atoms with Crippen LogP contribution in [0.5, 0.6) is 11.5 Å². The van der Waals surface area contributed by atoms with Crippen LogP contribution in [-0.2, 0) is 24.0 Å². The quantitative estimate of drug-likeness (QED) is 0.177. The summed E-state index contributed by atoms with van der Waals surface area (Å²) in [6.45, 7) is 7.51. The van der Waals surface area contributed by atoms with E-state index in [0.717, 1.165) is 32.1 Å². The summed E-state index contributed by atoms with van der Waals surface area (Å²) in [7, 11) is 3.02. The maximum atomic E-state index is 16.6. The second-order valence-corrected chi connectivity index (χ2v) is 16.9. The molecule has 12 nitrogen and oxygen atoms in total. The standard InChI is InChI=1S/C39H55ClFN5O7/c1-7-15-39(41,33(48)35(50)43-24-13-14-24)45-34(49)28-20-38(19-27(42-21-38)25-17-26(40)30(53-6)18-29(25)52-5)22-46(28)36(51)32(37(2,3)4)44-31(47)16-23-11-9-8-10-12-23/h17-18,23-24,28,32H,7-16,19-22H2,1-6H3,(H,43,50)(H,44,47)(H,45,49)/t28-,32+,38-,39-/m0/s1. The van der Waals surface area contributed by atoms with Crippen molar-refractivity contribution >= 4 is 46.7 Å². The largest absolute Gasteiger partial charge is 0.496 e. The van der Waals surface area contributed by atoms with Crippen LogP contribution < -0.4 is 25.4 Å². The molecule has 2 aliphatic carbocycles. The zero-order chi connectivity index (χ0) is 38.7. The topological polar surface area (TPSA) is 156 Å². The summed E-state index contributed by atoms with van der Waals surface area (Å²) in [5.41, 5.74) is -0.188. The molecular weight excluding hydrogens is 705 g/mol. The average molecular weight is 760 g/mol. The summed E-state index contributed by atoms with van der Waals surface area (Å²) in [5, 5.41) is 8.14. The molecule has 3 N–H and O–H groups in total. The molecule has 2 aliphatic heterocycles. The minimum absolute atomic E-state index is 0.0807. The maximum absolute atomic E-state index is 16.6. The van der Waals surface area contributed by atoms with Gasteiger partial charge in [0, 0.05) is 54.7 Å². The van der Waals surface area contributed by atoms with Crippen molar-refractivity contribution in [3.8, 4) is 11.5 Å². The minimum Gasteiger partial charge on any atom is -0.496 e. The first-order chi connectivity index (χ1) is 25.0. The molecule has 2 saturated carbocycles. The van der Waals surface area contributed by atoms with Crippen molar-refractivity contribution in [1.29, 1.82) is 0 Å². The zero-order valence-corrected chi connectivity index (χ0v) is 32.6. The van der Waals surface area contributed by atoms with Crippen LogP contribution in [-0.4, -0.2) is 91.3 Å². The van der Waals surface area contributed by atoms with Gasteiger partial charge in [0.1, 0.15) is 23.6 Å². The highest BCUT2D eigenvalue weighted by Gasteiger charge is 2.55. The molecule has 4 atom stereocenters. The Bertz CT molecular complexity index is 1620. The molecule has 0 radical (unpaired) electrons. The number of likely N-dealkylation sites (tertiary alicyclic amines) is 1. The second kappa shape index (κ2) is 16.3. The van der Waals surface area contributed by atoms with E-state index in [1.54, 1.807) is 19.1 Å². The SMILES string of the molecule is CCC[C@](F)(NC(=O)[C@@H]1C[C@@]2(CN=C(c3cc(Cl)c(OC)cc3OC)C2)CN1C(=O)[C@@H](NC(=O)CC1CCCCC1)C(C)(C)C)C(=O)C(=O)NC1CC1. The first-order valence-corrected chi connectivity index (χ1v) is 19.3. The predicted octanol–water partition coefficient (Wildman–Crippen LogP) is 5.07. The van der Waals surface area contributed by atoms with Gasteiger partial charge < -0.3 is 30.3 Å². The number of Topliss-reactive ketones (excluding diaryl/α,β-unsaturated/α-hetero) is 1. The molecule has 2 heterocycles. The van der Waals surface area contributed by atoms with E-state index in [1.165, 1.54) is 19.1 Å². The molecular formula is C39H55ClFN5O7. The van der Waals surface area contributed by atoms with Crippen LogP contribution in [0, 0.1) is 16.7 Å². The molecule has 53 heavy (non-hydrogen) atoms. The van der Waals surface area contributed by atoms with Crippen LogP contribution in [0.4, 0.5) is 4.39 Å². The third-order valence-electron chi connectivity index (χ3n) is 11.0. The number of aliphatic imine (C=N–C) groups is 1. The van der Waals surface area contributed by atoms with Crippen LogP contribution in [0.3, 0.4) is 0 Å². The van der Waals surface area contributed by atoms with Crippen LogP contribution in [0.25, 0.3) is 0 Å². The average Bonchev–Trinajstić information content (AvgIpc) is 3.71. The number of nitrogens with one attached hydrogen (secondary N) is 3. The van der Waals surface area contributed by atoms with E-state index in [1.807, 2.05) is 20.8 Å². The molecule has 14 heteroatoms. The molecule has 5 rings (SSSR count). The highest BCUT2D eigenvalue weighted by atomic mass is 35.5. The molecule has 292 valence electrons. The van der Waals surface area contributed by atoms with Gasteiger partial charge in [-0.15, -0.1) is 0 Å². The normalized spacial score (nSPS) is 23.5. The molecule has 4 aliphatic rings. The van der Waals surface area contributed by atoms with E-state index in [2.05, 4.69) is 16.0 Å². The number of ether oxygens (including phenoxy) is 2.